The smallest absolute Gasteiger partial charge is 0.0655 e. The molecule has 0 heterocycles. The molecule has 0 aliphatic carbocycles. The summed E-state index contributed by atoms with van der Waals surface area (Å²) < 4.78 is 0.397. The maximum absolute atomic E-state index is 9.42. The lowest BCUT2D eigenvalue weighted by atomic mass is 10.1. The topological polar surface area (TPSA) is 20.2 Å². The Labute approximate surface area is 83.7 Å². The van der Waals surface area contributed by atoms with Gasteiger partial charge in [0.05, 0.1) is 6.10 Å². The Morgan fingerprint density at radius 3 is 2.36 bits per heavy atom. The third kappa shape index (κ3) is 7.06. The third-order valence-electron chi connectivity index (χ3n) is 1.88. The largest absolute Gasteiger partial charge is 0.392 e. The average Bonchev–Trinajstić information content (AvgIpc) is 1.97. The van der Waals surface area contributed by atoms with Crippen LogP contribution in [0.4, 0.5) is 0 Å². The van der Waals surface area contributed by atoms with Crippen molar-refractivity contribution in [1.29, 1.82) is 0 Å². The molecule has 0 spiro atoms. The summed E-state index contributed by atoms with van der Waals surface area (Å²) in [6, 6.07) is 0. The summed E-state index contributed by atoms with van der Waals surface area (Å²) in [5.74, 6) is 0. The molecule has 0 fully saturated rings. The molecular weight excluding hydrogens is 251 g/mol. The van der Waals surface area contributed by atoms with Crippen LogP contribution in [0.2, 0.25) is 0 Å². The van der Waals surface area contributed by atoms with Crippen molar-refractivity contribution >= 4 is 22.6 Å². The predicted molar refractivity (Wildman–Crippen MR) is 58.2 cm³/mol. The van der Waals surface area contributed by atoms with E-state index in [-0.39, 0.29) is 6.10 Å². The molecule has 0 radical (unpaired) electrons. The van der Waals surface area contributed by atoms with Gasteiger partial charge >= 0.3 is 0 Å². The molecule has 0 bridgehead atoms. The predicted octanol–water partition coefficient (Wildman–Crippen LogP) is 3.14. The average molecular weight is 270 g/mol. The minimum atomic E-state index is -0.0903. The minimum Gasteiger partial charge on any atom is -0.392 e. The van der Waals surface area contributed by atoms with Crippen LogP contribution in [0.3, 0.4) is 0 Å². The summed E-state index contributed by atoms with van der Waals surface area (Å²) in [7, 11) is 0. The van der Waals surface area contributed by atoms with Crippen LogP contribution < -0.4 is 0 Å². The number of hydrogen-bond acceptors (Lipinski definition) is 1. The van der Waals surface area contributed by atoms with Gasteiger partial charge in [-0.2, -0.15) is 0 Å². The Morgan fingerprint density at radius 1 is 1.27 bits per heavy atom. The van der Waals surface area contributed by atoms with Gasteiger partial charge in [0.25, 0.3) is 0 Å². The standard InChI is InChI=1S/C9H19IO/c1-3-4-5-6-7-9(11)8(2)10/h8-9,11H,3-7H2,1-2H3. The highest BCUT2D eigenvalue weighted by atomic mass is 127. The van der Waals surface area contributed by atoms with Crippen molar-refractivity contribution in [3.05, 3.63) is 0 Å². The molecule has 2 unspecified atom stereocenters. The van der Waals surface area contributed by atoms with Gasteiger partial charge in [0.1, 0.15) is 0 Å². The van der Waals surface area contributed by atoms with Gasteiger partial charge in [0.15, 0.2) is 0 Å². The first-order valence-electron chi connectivity index (χ1n) is 4.50. The molecule has 0 aromatic heterocycles. The van der Waals surface area contributed by atoms with Crippen LogP contribution in [0.25, 0.3) is 0 Å². The molecule has 68 valence electrons. The van der Waals surface area contributed by atoms with Crippen LogP contribution in [-0.4, -0.2) is 15.1 Å². The van der Waals surface area contributed by atoms with Crippen LogP contribution in [0.5, 0.6) is 0 Å². The van der Waals surface area contributed by atoms with Crippen LogP contribution in [-0.2, 0) is 0 Å². The number of halogens is 1. The van der Waals surface area contributed by atoms with Crippen LogP contribution in [0, 0.1) is 0 Å². The van der Waals surface area contributed by atoms with E-state index < -0.39 is 0 Å². The Kier molecular flexibility index (Phi) is 7.81. The number of aliphatic hydroxyl groups is 1. The van der Waals surface area contributed by atoms with E-state index in [1.807, 2.05) is 0 Å². The first-order valence-corrected chi connectivity index (χ1v) is 5.75. The van der Waals surface area contributed by atoms with E-state index in [1.54, 1.807) is 0 Å². The van der Waals surface area contributed by atoms with E-state index in [4.69, 9.17) is 0 Å². The highest BCUT2D eigenvalue weighted by Gasteiger charge is 2.08. The van der Waals surface area contributed by atoms with E-state index >= 15 is 0 Å². The van der Waals surface area contributed by atoms with Gasteiger partial charge < -0.3 is 5.11 Å². The zero-order valence-electron chi connectivity index (χ0n) is 7.52. The third-order valence-corrected chi connectivity index (χ3v) is 2.71. The summed E-state index contributed by atoms with van der Waals surface area (Å²) in [6.07, 6.45) is 5.93. The van der Waals surface area contributed by atoms with Gasteiger partial charge in [-0.25, -0.2) is 0 Å². The Balaban J connectivity index is 3.10. The molecule has 1 nitrogen and oxygen atoms in total. The van der Waals surface area contributed by atoms with Crippen molar-refractivity contribution in [2.75, 3.05) is 0 Å². The van der Waals surface area contributed by atoms with E-state index in [0.29, 0.717) is 3.92 Å². The zero-order chi connectivity index (χ0) is 8.69. The number of hydrogen-bond donors (Lipinski definition) is 1. The lowest BCUT2D eigenvalue weighted by molar-refractivity contribution is 0.166. The Hall–Kier alpha value is 0.690. The second-order valence-corrected chi connectivity index (χ2v) is 5.06. The number of aliphatic hydroxyl groups excluding tert-OH is 1. The highest BCUT2D eigenvalue weighted by Crippen LogP contribution is 2.12. The lowest BCUT2D eigenvalue weighted by Crippen LogP contribution is -2.16. The van der Waals surface area contributed by atoms with Crippen LogP contribution >= 0.6 is 22.6 Å². The Morgan fingerprint density at radius 2 is 1.91 bits per heavy atom. The fourth-order valence-electron chi connectivity index (χ4n) is 1.01. The van der Waals surface area contributed by atoms with E-state index in [2.05, 4.69) is 36.4 Å². The molecule has 1 N–H and O–H groups in total. The molecule has 0 aliphatic heterocycles. The van der Waals surface area contributed by atoms with Crippen molar-refractivity contribution in [1.82, 2.24) is 0 Å². The molecule has 0 rings (SSSR count). The van der Waals surface area contributed by atoms with Crippen LogP contribution in [0.15, 0.2) is 0 Å². The summed E-state index contributed by atoms with van der Waals surface area (Å²) in [5.41, 5.74) is 0. The molecule has 2 atom stereocenters. The fraction of sp³-hybridized carbons (Fsp3) is 1.00. The maximum atomic E-state index is 9.42. The van der Waals surface area contributed by atoms with Gasteiger partial charge in [-0.3, -0.25) is 0 Å². The lowest BCUT2D eigenvalue weighted by Gasteiger charge is -2.11. The van der Waals surface area contributed by atoms with Crippen molar-refractivity contribution in [3.8, 4) is 0 Å². The normalized spacial score (nSPS) is 16.4. The molecule has 0 saturated carbocycles. The van der Waals surface area contributed by atoms with E-state index in [0.717, 1.165) is 6.42 Å². The van der Waals surface area contributed by atoms with Crippen molar-refractivity contribution in [2.24, 2.45) is 0 Å². The molecule has 0 aromatic carbocycles. The summed E-state index contributed by atoms with van der Waals surface area (Å²) >= 11 is 2.28. The van der Waals surface area contributed by atoms with Crippen LogP contribution in [0.1, 0.15) is 46.0 Å². The van der Waals surface area contributed by atoms with Gasteiger partial charge in [0.2, 0.25) is 0 Å². The number of alkyl halides is 1. The molecule has 0 amide bonds. The van der Waals surface area contributed by atoms with Gasteiger partial charge in [0, 0.05) is 3.92 Å². The second kappa shape index (κ2) is 7.35. The first-order chi connectivity index (χ1) is 5.18. The summed E-state index contributed by atoms with van der Waals surface area (Å²) in [4.78, 5) is 0. The monoisotopic (exact) mass is 270 g/mol. The maximum Gasteiger partial charge on any atom is 0.0655 e. The second-order valence-electron chi connectivity index (χ2n) is 3.09. The van der Waals surface area contributed by atoms with Gasteiger partial charge in [-0.1, -0.05) is 62.1 Å². The molecule has 11 heavy (non-hydrogen) atoms. The quantitative estimate of drug-likeness (QED) is 0.446. The first kappa shape index (κ1) is 11.7. The summed E-state index contributed by atoms with van der Waals surface area (Å²) in [5, 5.41) is 9.42. The molecule has 0 aliphatic rings. The van der Waals surface area contributed by atoms with Crippen molar-refractivity contribution < 1.29 is 5.11 Å². The molecule has 2 heteroatoms. The van der Waals surface area contributed by atoms with Crippen molar-refractivity contribution in [3.63, 3.8) is 0 Å². The molecule has 0 saturated heterocycles. The van der Waals surface area contributed by atoms with Gasteiger partial charge in [-0.15, -0.1) is 0 Å². The van der Waals surface area contributed by atoms with E-state index in [9.17, 15) is 5.11 Å². The number of unbranched alkanes of at least 4 members (excludes halogenated alkanes) is 3. The number of rotatable bonds is 6. The SMILES string of the molecule is CCCCCCC(O)C(C)I. The highest BCUT2D eigenvalue weighted by molar-refractivity contribution is 14.1. The molecular formula is C9H19IO. The molecule has 0 aromatic rings. The van der Waals surface area contributed by atoms with Gasteiger partial charge in [-0.05, 0) is 6.42 Å². The fourth-order valence-corrected chi connectivity index (χ4v) is 1.37. The Bertz CT molecular complexity index is 83.6. The van der Waals surface area contributed by atoms with E-state index in [1.165, 1.54) is 25.7 Å². The summed E-state index contributed by atoms with van der Waals surface area (Å²) in [6.45, 7) is 4.27. The van der Waals surface area contributed by atoms with Crippen molar-refractivity contribution in [2.45, 2.75) is 56.0 Å². The zero-order valence-corrected chi connectivity index (χ0v) is 9.67. The minimum absolute atomic E-state index is 0.0903.